The lowest BCUT2D eigenvalue weighted by atomic mass is 10.1. The maximum atomic E-state index is 12.5. The number of hydrogen-bond donors (Lipinski definition) is 2. The number of ether oxygens (including phenoxy) is 2. The second kappa shape index (κ2) is 8.37. The van der Waals surface area contributed by atoms with E-state index in [1.807, 2.05) is 12.1 Å². The van der Waals surface area contributed by atoms with Crippen LogP contribution in [0.4, 0.5) is 5.69 Å². The molecule has 2 aliphatic rings. The predicted molar refractivity (Wildman–Crippen MR) is 107 cm³/mol. The number of amides is 1. The summed E-state index contributed by atoms with van der Waals surface area (Å²) >= 11 is 0. The van der Waals surface area contributed by atoms with Gasteiger partial charge >= 0.3 is 0 Å². The molecule has 2 N–H and O–H groups in total. The molecule has 1 saturated carbocycles. The number of aliphatic hydroxyl groups excluding tert-OH is 1. The molecule has 0 aromatic heterocycles. The van der Waals surface area contributed by atoms with Crippen molar-refractivity contribution in [1.29, 1.82) is 0 Å². The Labute approximate surface area is 164 Å². The van der Waals surface area contributed by atoms with E-state index in [2.05, 4.69) is 17.2 Å². The number of aliphatic hydroxyl groups is 1. The van der Waals surface area contributed by atoms with Crippen LogP contribution in [0.1, 0.15) is 41.6 Å². The fourth-order valence-electron chi connectivity index (χ4n) is 3.45. The first-order valence-electron chi connectivity index (χ1n) is 9.68. The molecule has 1 unspecified atom stereocenters. The van der Waals surface area contributed by atoms with Crippen LogP contribution in [-0.2, 0) is 0 Å². The molecule has 4 rings (SSSR count). The molecule has 1 atom stereocenters. The average Bonchev–Trinajstić information content (AvgIpc) is 3.26. The molecular formula is C23H23NO4. The maximum absolute atomic E-state index is 12.5. The Bertz CT molecular complexity index is 904. The third-order valence-electron chi connectivity index (χ3n) is 5.05. The molecular weight excluding hydrogens is 354 g/mol. The van der Waals surface area contributed by atoms with Gasteiger partial charge in [0.2, 0.25) is 0 Å². The van der Waals surface area contributed by atoms with Crippen molar-refractivity contribution < 1.29 is 19.4 Å². The third-order valence-corrected chi connectivity index (χ3v) is 5.05. The van der Waals surface area contributed by atoms with E-state index >= 15 is 0 Å². The molecule has 0 bridgehead atoms. The van der Waals surface area contributed by atoms with Gasteiger partial charge < -0.3 is 19.9 Å². The van der Waals surface area contributed by atoms with Gasteiger partial charge in [0.15, 0.2) is 17.6 Å². The van der Waals surface area contributed by atoms with E-state index in [9.17, 15) is 4.79 Å². The molecule has 0 radical (unpaired) electrons. The van der Waals surface area contributed by atoms with Crippen LogP contribution in [0.15, 0.2) is 42.5 Å². The number of carbonyl (C=O) groups excluding carboxylic acids is 1. The number of nitrogens with one attached hydrogen (secondary N) is 1. The fourth-order valence-corrected chi connectivity index (χ4v) is 3.45. The van der Waals surface area contributed by atoms with E-state index in [0.29, 0.717) is 28.7 Å². The second-order valence-corrected chi connectivity index (χ2v) is 7.18. The lowest BCUT2D eigenvalue weighted by molar-refractivity contribution is 0.0457. The van der Waals surface area contributed by atoms with Gasteiger partial charge in [-0.15, -0.1) is 0 Å². The molecule has 1 aliphatic carbocycles. The van der Waals surface area contributed by atoms with Crippen LogP contribution < -0.4 is 14.8 Å². The number of benzene rings is 2. The fraction of sp³-hybridized carbons (Fsp3) is 0.348. The van der Waals surface area contributed by atoms with Crippen molar-refractivity contribution >= 4 is 11.6 Å². The Morgan fingerprint density at radius 1 is 1.11 bits per heavy atom. The largest absolute Gasteiger partial charge is 0.486 e. The summed E-state index contributed by atoms with van der Waals surface area (Å²) in [6.07, 6.45) is 4.59. The summed E-state index contributed by atoms with van der Waals surface area (Å²) < 4.78 is 11.2. The first-order valence-corrected chi connectivity index (χ1v) is 9.68. The molecule has 0 spiro atoms. The van der Waals surface area contributed by atoms with Crippen molar-refractivity contribution in [3.8, 4) is 23.3 Å². The van der Waals surface area contributed by atoms with Gasteiger partial charge in [-0.2, -0.15) is 0 Å². The van der Waals surface area contributed by atoms with Gasteiger partial charge in [-0.1, -0.05) is 24.7 Å². The summed E-state index contributed by atoms with van der Waals surface area (Å²) in [4.78, 5) is 12.5. The Balaban J connectivity index is 1.39. The van der Waals surface area contributed by atoms with Crippen molar-refractivity contribution in [2.45, 2.75) is 31.8 Å². The Morgan fingerprint density at radius 3 is 2.64 bits per heavy atom. The third kappa shape index (κ3) is 4.29. The molecule has 1 aliphatic heterocycles. The lowest BCUT2D eigenvalue weighted by Crippen LogP contribution is -2.32. The molecule has 1 fully saturated rings. The van der Waals surface area contributed by atoms with E-state index in [1.54, 1.807) is 30.3 Å². The zero-order valence-electron chi connectivity index (χ0n) is 15.6. The maximum Gasteiger partial charge on any atom is 0.255 e. The summed E-state index contributed by atoms with van der Waals surface area (Å²) in [7, 11) is 0. The van der Waals surface area contributed by atoms with E-state index in [1.165, 1.54) is 25.7 Å². The topological polar surface area (TPSA) is 67.8 Å². The normalized spacial score (nSPS) is 18.2. The van der Waals surface area contributed by atoms with Crippen LogP contribution in [0.5, 0.6) is 11.5 Å². The monoisotopic (exact) mass is 377 g/mol. The smallest absolute Gasteiger partial charge is 0.255 e. The molecule has 0 saturated heterocycles. The Hall–Kier alpha value is -2.97. The first kappa shape index (κ1) is 18.4. The molecule has 1 heterocycles. The molecule has 1 amide bonds. The number of rotatable bonds is 3. The first-order chi connectivity index (χ1) is 13.7. The number of anilines is 1. The summed E-state index contributed by atoms with van der Waals surface area (Å²) in [5.41, 5.74) is 2.13. The highest BCUT2D eigenvalue weighted by Gasteiger charge is 2.20. The molecule has 5 heteroatoms. The van der Waals surface area contributed by atoms with Crippen LogP contribution in [-0.4, -0.2) is 30.3 Å². The van der Waals surface area contributed by atoms with E-state index in [4.69, 9.17) is 14.6 Å². The highest BCUT2D eigenvalue weighted by molar-refractivity contribution is 6.04. The SMILES string of the molecule is O=C(Nc1ccc2c(c1)OCC(CO)O2)c1ccc(C#CC2CCCC2)cc1. The second-order valence-electron chi connectivity index (χ2n) is 7.18. The standard InChI is InChI=1S/C23H23NO4/c25-14-20-15-27-22-13-19(11-12-21(22)28-20)24-23(26)18-9-7-17(8-10-18)6-5-16-3-1-2-4-16/h7-13,16,20,25H,1-4,14-15H2,(H,24,26). The number of carbonyl (C=O) groups is 1. The summed E-state index contributed by atoms with van der Waals surface area (Å²) in [5.74, 6) is 7.99. The van der Waals surface area contributed by atoms with Crippen molar-refractivity contribution in [3.05, 3.63) is 53.6 Å². The highest BCUT2D eigenvalue weighted by Crippen LogP contribution is 2.34. The quantitative estimate of drug-likeness (QED) is 0.802. The van der Waals surface area contributed by atoms with Crippen LogP contribution in [0.2, 0.25) is 0 Å². The van der Waals surface area contributed by atoms with Gasteiger partial charge in [0, 0.05) is 28.8 Å². The predicted octanol–water partition coefficient (Wildman–Crippen LogP) is 3.61. The van der Waals surface area contributed by atoms with Crippen molar-refractivity contribution in [3.63, 3.8) is 0 Å². The summed E-state index contributed by atoms with van der Waals surface area (Å²) in [6.45, 7) is 0.184. The minimum absolute atomic E-state index is 0.0983. The molecule has 2 aromatic rings. The van der Waals surface area contributed by atoms with Crippen LogP contribution >= 0.6 is 0 Å². The highest BCUT2D eigenvalue weighted by atomic mass is 16.6. The van der Waals surface area contributed by atoms with E-state index in [0.717, 1.165) is 5.56 Å². The van der Waals surface area contributed by atoms with Crippen molar-refractivity contribution in [2.24, 2.45) is 5.92 Å². The van der Waals surface area contributed by atoms with E-state index < -0.39 is 0 Å². The zero-order chi connectivity index (χ0) is 19.3. The van der Waals surface area contributed by atoms with E-state index in [-0.39, 0.29) is 25.2 Å². The summed E-state index contributed by atoms with van der Waals surface area (Å²) in [5, 5.41) is 12.0. The van der Waals surface area contributed by atoms with Crippen LogP contribution in [0.3, 0.4) is 0 Å². The van der Waals surface area contributed by atoms with Gasteiger partial charge in [-0.25, -0.2) is 0 Å². The Kier molecular flexibility index (Phi) is 5.50. The van der Waals surface area contributed by atoms with Gasteiger partial charge in [-0.3, -0.25) is 4.79 Å². The molecule has 5 nitrogen and oxygen atoms in total. The average molecular weight is 377 g/mol. The van der Waals surface area contributed by atoms with Gasteiger partial charge in [0.1, 0.15) is 6.61 Å². The summed E-state index contributed by atoms with van der Waals surface area (Å²) in [6, 6.07) is 12.6. The van der Waals surface area contributed by atoms with Crippen molar-refractivity contribution in [1.82, 2.24) is 0 Å². The lowest BCUT2D eigenvalue weighted by Gasteiger charge is -2.25. The molecule has 28 heavy (non-hydrogen) atoms. The van der Waals surface area contributed by atoms with Crippen LogP contribution in [0, 0.1) is 17.8 Å². The zero-order valence-corrected chi connectivity index (χ0v) is 15.6. The Morgan fingerprint density at radius 2 is 1.89 bits per heavy atom. The van der Waals surface area contributed by atoms with Gasteiger partial charge in [-0.05, 0) is 49.2 Å². The minimum Gasteiger partial charge on any atom is -0.486 e. The minimum atomic E-state index is -0.358. The van der Waals surface area contributed by atoms with Crippen molar-refractivity contribution in [2.75, 3.05) is 18.5 Å². The van der Waals surface area contributed by atoms with Gasteiger partial charge in [0.25, 0.3) is 5.91 Å². The molecule has 144 valence electrons. The number of fused-ring (bicyclic) bond motifs is 1. The number of hydrogen-bond acceptors (Lipinski definition) is 4. The van der Waals surface area contributed by atoms with Crippen LogP contribution in [0.25, 0.3) is 0 Å². The van der Waals surface area contributed by atoms with Gasteiger partial charge in [0.05, 0.1) is 6.61 Å². The molecule has 2 aromatic carbocycles.